The molecular weight excluding hydrogens is 404 g/mol. The predicted molar refractivity (Wildman–Crippen MR) is 114 cm³/mol. The first kappa shape index (κ1) is 21.7. The van der Waals surface area contributed by atoms with Crippen LogP contribution < -0.4 is 10.0 Å². The standard InChI is InChI=1S/C21H24N4O4S/c1-16-22-11-13-25(16)15-17-3-7-19(8-4-17)24-21(26)18-5-9-20(10-6-18)30(27,28)23-12-14-29-2/h3-11,13,23H,12,14-15H2,1-2H3,(H,24,26). The van der Waals surface area contributed by atoms with Gasteiger partial charge in [-0.05, 0) is 48.9 Å². The van der Waals surface area contributed by atoms with Crippen molar-refractivity contribution in [3.63, 3.8) is 0 Å². The van der Waals surface area contributed by atoms with Crippen LogP contribution in [0.1, 0.15) is 21.7 Å². The predicted octanol–water partition coefficient (Wildman–Crippen LogP) is 2.42. The fourth-order valence-electron chi connectivity index (χ4n) is 2.81. The van der Waals surface area contributed by atoms with Gasteiger partial charge in [0, 0.05) is 43.8 Å². The van der Waals surface area contributed by atoms with Gasteiger partial charge >= 0.3 is 0 Å². The Balaban J connectivity index is 1.61. The lowest BCUT2D eigenvalue weighted by molar-refractivity contribution is 0.102. The molecule has 0 radical (unpaired) electrons. The second kappa shape index (κ2) is 9.66. The molecule has 0 aliphatic rings. The van der Waals surface area contributed by atoms with Gasteiger partial charge < -0.3 is 14.6 Å². The molecular formula is C21H24N4O4S. The molecule has 0 unspecified atom stereocenters. The number of imidazole rings is 1. The van der Waals surface area contributed by atoms with E-state index in [0.717, 1.165) is 11.4 Å². The SMILES string of the molecule is COCCNS(=O)(=O)c1ccc(C(=O)Nc2ccc(Cn3ccnc3C)cc2)cc1. The van der Waals surface area contributed by atoms with Crippen molar-refractivity contribution >= 4 is 21.6 Å². The number of nitrogens with one attached hydrogen (secondary N) is 2. The number of aromatic nitrogens is 2. The van der Waals surface area contributed by atoms with Gasteiger partial charge in [-0.1, -0.05) is 12.1 Å². The van der Waals surface area contributed by atoms with Crippen molar-refractivity contribution in [2.45, 2.75) is 18.4 Å². The molecule has 8 nitrogen and oxygen atoms in total. The largest absolute Gasteiger partial charge is 0.383 e. The summed E-state index contributed by atoms with van der Waals surface area (Å²) in [6.45, 7) is 3.10. The number of ether oxygens (including phenoxy) is 1. The van der Waals surface area contributed by atoms with E-state index in [1.54, 1.807) is 6.20 Å². The Kier molecular flexibility index (Phi) is 6.99. The highest BCUT2D eigenvalue weighted by atomic mass is 32.2. The van der Waals surface area contributed by atoms with E-state index in [2.05, 4.69) is 15.0 Å². The molecule has 158 valence electrons. The highest BCUT2D eigenvalue weighted by Gasteiger charge is 2.14. The van der Waals surface area contributed by atoms with Gasteiger partial charge in [-0.2, -0.15) is 0 Å². The number of hydrogen-bond acceptors (Lipinski definition) is 5. The van der Waals surface area contributed by atoms with E-state index >= 15 is 0 Å². The normalized spacial score (nSPS) is 11.4. The number of sulfonamides is 1. The first-order valence-corrected chi connectivity index (χ1v) is 10.8. The first-order valence-electron chi connectivity index (χ1n) is 9.36. The quantitative estimate of drug-likeness (QED) is 0.510. The topological polar surface area (TPSA) is 102 Å². The van der Waals surface area contributed by atoms with Crippen molar-refractivity contribution in [3.05, 3.63) is 77.9 Å². The Morgan fingerprint density at radius 2 is 1.80 bits per heavy atom. The molecule has 0 saturated heterocycles. The van der Waals surface area contributed by atoms with Crippen LogP contribution in [0.2, 0.25) is 0 Å². The Bertz CT molecular complexity index is 1090. The van der Waals surface area contributed by atoms with Gasteiger partial charge in [0.15, 0.2) is 0 Å². The number of rotatable bonds is 9. The van der Waals surface area contributed by atoms with Crippen LogP contribution >= 0.6 is 0 Å². The highest BCUT2D eigenvalue weighted by molar-refractivity contribution is 7.89. The molecule has 2 aromatic carbocycles. The van der Waals surface area contributed by atoms with E-state index in [-0.39, 0.29) is 24.0 Å². The average molecular weight is 429 g/mol. The summed E-state index contributed by atoms with van der Waals surface area (Å²) in [5.41, 5.74) is 2.11. The van der Waals surface area contributed by atoms with Crippen LogP contribution in [-0.4, -0.2) is 44.1 Å². The minimum absolute atomic E-state index is 0.0919. The molecule has 0 fully saturated rings. The Morgan fingerprint density at radius 1 is 1.10 bits per heavy atom. The Labute approximate surface area is 176 Å². The molecule has 0 aliphatic carbocycles. The lowest BCUT2D eigenvalue weighted by atomic mass is 10.2. The molecule has 0 spiro atoms. The molecule has 2 N–H and O–H groups in total. The molecule has 0 bridgehead atoms. The van der Waals surface area contributed by atoms with Crippen LogP contribution in [0, 0.1) is 6.92 Å². The van der Waals surface area contributed by atoms with Gasteiger partial charge in [-0.25, -0.2) is 18.1 Å². The molecule has 30 heavy (non-hydrogen) atoms. The first-order chi connectivity index (χ1) is 14.4. The van der Waals surface area contributed by atoms with Gasteiger partial charge in [0.25, 0.3) is 5.91 Å². The number of carbonyl (C=O) groups is 1. The minimum atomic E-state index is -3.63. The van der Waals surface area contributed by atoms with E-state index in [1.165, 1.54) is 31.4 Å². The monoisotopic (exact) mass is 428 g/mol. The van der Waals surface area contributed by atoms with E-state index < -0.39 is 10.0 Å². The number of carbonyl (C=O) groups excluding carboxylic acids is 1. The summed E-state index contributed by atoms with van der Waals surface area (Å²) >= 11 is 0. The van der Waals surface area contributed by atoms with Crippen LogP contribution in [0.25, 0.3) is 0 Å². The third-order valence-corrected chi connectivity index (χ3v) is 5.99. The third-order valence-electron chi connectivity index (χ3n) is 4.51. The summed E-state index contributed by atoms with van der Waals surface area (Å²) in [6.07, 6.45) is 3.68. The molecule has 9 heteroatoms. The molecule has 0 atom stereocenters. The van der Waals surface area contributed by atoms with Crippen molar-refractivity contribution in [1.82, 2.24) is 14.3 Å². The smallest absolute Gasteiger partial charge is 0.255 e. The number of amides is 1. The molecule has 1 amide bonds. The van der Waals surface area contributed by atoms with E-state index in [9.17, 15) is 13.2 Å². The van der Waals surface area contributed by atoms with Crippen LogP contribution in [-0.2, 0) is 21.3 Å². The highest BCUT2D eigenvalue weighted by Crippen LogP contribution is 2.15. The summed E-state index contributed by atoms with van der Waals surface area (Å²) in [5.74, 6) is 0.622. The fourth-order valence-corrected chi connectivity index (χ4v) is 3.82. The molecule has 0 saturated carbocycles. The van der Waals surface area contributed by atoms with Crippen molar-refractivity contribution in [2.24, 2.45) is 0 Å². The Hall–Kier alpha value is -3.01. The van der Waals surface area contributed by atoms with Crippen LogP contribution in [0.3, 0.4) is 0 Å². The second-order valence-electron chi connectivity index (χ2n) is 6.67. The summed E-state index contributed by atoms with van der Waals surface area (Å²) < 4.78 is 33.6. The van der Waals surface area contributed by atoms with Gasteiger partial charge in [0.05, 0.1) is 11.5 Å². The van der Waals surface area contributed by atoms with Gasteiger partial charge in [0.1, 0.15) is 5.82 Å². The number of benzene rings is 2. The van der Waals surface area contributed by atoms with Crippen LogP contribution in [0.4, 0.5) is 5.69 Å². The van der Waals surface area contributed by atoms with E-state index in [0.29, 0.717) is 17.8 Å². The maximum absolute atomic E-state index is 12.5. The molecule has 0 aliphatic heterocycles. The van der Waals surface area contributed by atoms with Crippen LogP contribution in [0.5, 0.6) is 0 Å². The van der Waals surface area contributed by atoms with Crippen molar-refractivity contribution in [3.8, 4) is 0 Å². The van der Waals surface area contributed by atoms with Gasteiger partial charge in [0.2, 0.25) is 10.0 Å². The number of methoxy groups -OCH3 is 1. The lowest BCUT2D eigenvalue weighted by Gasteiger charge is -2.09. The van der Waals surface area contributed by atoms with Crippen molar-refractivity contribution < 1.29 is 17.9 Å². The molecule has 3 aromatic rings. The summed E-state index contributed by atoms with van der Waals surface area (Å²) in [5, 5.41) is 2.82. The average Bonchev–Trinajstić information content (AvgIpc) is 3.14. The summed E-state index contributed by atoms with van der Waals surface area (Å²) in [6, 6.07) is 13.3. The number of aryl methyl sites for hydroxylation is 1. The Morgan fingerprint density at radius 3 is 2.40 bits per heavy atom. The maximum atomic E-state index is 12.5. The maximum Gasteiger partial charge on any atom is 0.255 e. The zero-order valence-corrected chi connectivity index (χ0v) is 17.6. The van der Waals surface area contributed by atoms with Crippen molar-refractivity contribution in [1.29, 1.82) is 0 Å². The molecule has 1 aromatic heterocycles. The van der Waals surface area contributed by atoms with Crippen LogP contribution in [0.15, 0.2) is 65.8 Å². The van der Waals surface area contributed by atoms with E-state index in [1.807, 2.05) is 42.0 Å². The minimum Gasteiger partial charge on any atom is -0.383 e. The van der Waals surface area contributed by atoms with Crippen molar-refractivity contribution in [2.75, 3.05) is 25.6 Å². The zero-order chi connectivity index (χ0) is 21.6. The second-order valence-corrected chi connectivity index (χ2v) is 8.44. The molecule has 3 rings (SSSR count). The van der Waals surface area contributed by atoms with E-state index in [4.69, 9.17) is 4.74 Å². The number of nitrogens with zero attached hydrogens (tertiary/aromatic N) is 2. The third kappa shape index (κ3) is 5.53. The summed E-state index contributed by atoms with van der Waals surface area (Å²) in [7, 11) is -2.14. The zero-order valence-electron chi connectivity index (χ0n) is 16.8. The fraction of sp³-hybridized carbons (Fsp3) is 0.238. The lowest BCUT2D eigenvalue weighted by Crippen LogP contribution is -2.27. The number of anilines is 1. The number of hydrogen-bond donors (Lipinski definition) is 2. The van der Waals surface area contributed by atoms with Gasteiger partial charge in [-0.3, -0.25) is 4.79 Å². The summed E-state index contributed by atoms with van der Waals surface area (Å²) in [4.78, 5) is 16.8. The molecule has 1 heterocycles. The van der Waals surface area contributed by atoms with Gasteiger partial charge in [-0.15, -0.1) is 0 Å².